The number of alkyl halides is 3. The second-order valence-electron chi connectivity index (χ2n) is 7.40. The Morgan fingerprint density at radius 1 is 1.06 bits per heavy atom. The van der Waals surface area contributed by atoms with Gasteiger partial charge in [-0.05, 0) is 43.7 Å². The van der Waals surface area contributed by atoms with Crippen molar-refractivity contribution < 1.29 is 13.2 Å². The zero-order valence-corrected chi connectivity index (χ0v) is 16.9. The Balaban J connectivity index is 1.61. The Kier molecular flexibility index (Phi) is 4.48. The average Bonchev–Trinajstić information content (AvgIpc) is 3.52. The molecule has 7 nitrogen and oxygen atoms in total. The van der Waals surface area contributed by atoms with Crippen molar-refractivity contribution in [2.24, 2.45) is 0 Å². The van der Waals surface area contributed by atoms with E-state index < -0.39 is 11.7 Å². The second kappa shape index (κ2) is 7.23. The molecule has 0 spiro atoms. The Labute approximate surface area is 181 Å². The van der Waals surface area contributed by atoms with Gasteiger partial charge in [-0.1, -0.05) is 0 Å². The predicted molar refractivity (Wildman–Crippen MR) is 110 cm³/mol. The molecule has 4 heterocycles. The van der Waals surface area contributed by atoms with Gasteiger partial charge in [0.1, 0.15) is 5.82 Å². The van der Waals surface area contributed by atoms with Gasteiger partial charge in [0, 0.05) is 42.5 Å². The number of anilines is 2. The summed E-state index contributed by atoms with van der Waals surface area (Å²) in [7, 11) is 0. The number of nitriles is 1. The van der Waals surface area contributed by atoms with Crippen LogP contribution >= 0.6 is 0 Å². The third kappa shape index (κ3) is 3.28. The molecular formula is C22H16F3N7. The van der Waals surface area contributed by atoms with Gasteiger partial charge in [-0.15, -0.1) is 5.10 Å². The van der Waals surface area contributed by atoms with E-state index in [0.717, 1.165) is 17.3 Å². The van der Waals surface area contributed by atoms with E-state index in [-0.39, 0.29) is 11.3 Å². The first kappa shape index (κ1) is 19.8. The summed E-state index contributed by atoms with van der Waals surface area (Å²) in [6.45, 7) is 2.13. The lowest BCUT2D eigenvalue weighted by atomic mass is 10.1. The lowest BCUT2D eigenvalue weighted by Gasteiger charge is -2.23. The van der Waals surface area contributed by atoms with Gasteiger partial charge >= 0.3 is 6.18 Å². The number of fused-ring (bicyclic) bond motifs is 1. The molecule has 0 bridgehead atoms. The number of rotatable bonds is 3. The Morgan fingerprint density at radius 2 is 1.91 bits per heavy atom. The van der Waals surface area contributed by atoms with Crippen molar-refractivity contribution >= 4 is 11.5 Å². The van der Waals surface area contributed by atoms with Gasteiger partial charge in [0.15, 0.2) is 5.82 Å². The number of nitrogens with zero attached hydrogens (tertiary/aromatic N) is 7. The molecule has 160 valence electrons. The van der Waals surface area contributed by atoms with Crippen molar-refractivity contribution in [3.63, 3.8) is 0 Å². The number of hydrogen-bond donors (Lipinski definition) is 0. The van der Waals surface area contributed by atoms with E-state index >= 15 is 0 Å². The van der Waals surface area contributed by atoms with Crippen LogP contribution in [0.2, 0.25) is 0 Å². The molecule has 0 unspecified atom stereocenters. The van der Waals surface area contributed by atoms with Crippen LogP contribution in [0.4, 0.5) is 24.7 Å². The van der Waals surface area contributed by atoms with Gasteiger partial charge in [0.2, 0.25) is 0 Å². The minimum atomic E-state index is -4.60. The SMILES string of the molecule is Cc1cc(-n2ccc(-n3cccn3)n2)c2c(n1)N(c1ccc(C#N)cc1C(F)(F)F)CC2. The largest absolute Gasteiger partial charge is 0.418 e. The zero-order valence-electron chi connectivity index (χ0n) is 16.9. The smallest absolute Gasteiger partial charge is 0.325 e. The van der Waals surface area contributed by atoms with Crippen LogP contribution in [0.3, 0.4) is 0 Å². The normalized spacial score (nSPS) is 13.3. The monoisotopic (exact) mass is 435 g/mol. The molecule has 0 atom stereocenters. The fourth-order valence-electron chi connectivity index (χ4n) is 3.94. The summed E-state index contributed by atoms with van der Waals surface area (Å²) in [6, 6.07) is 10.9. The average molecular weight is 435 g/mol. The van der Waals surface area contributed by atoms with E-state index in [1.54, 1.807) is 51.9 Å². The molecule has 3 aromatic heterocycles. The standard InChI is InChI=1S/C22H16F3N7/c1-14-11-19(31-10-6-20(29-31)32-8-2-7-27-32)16-5-9-30(21(16)28-14)18-4-3-15(13-26)12-17(18)22(23,24)25/h2-4,6-8,10-12H,5,9H2,1H3. The highest BCUT2D eigenvalue weighted by Crippen LogP contribution is 2.43. The Hall–Kier alpha value is -4.13. The molecule has 1 aromatic carbocycles. The van der Waals surface area contributed by atoms with E-state index in [1.807, 2.05) is 12.1 Å². The molecule has 0 N–H and O–H groups in total. The number of hydrogen-bond acceptors (Lipinski definition) is 5. The van der Waals surface area contributed by atoms with Gasteiger partial charge in [0.25, 0.3) is 0 Å². The summed E-state index contributed by atoms with van der Waals surface area (Å²) in [5, 5.41) is 17.8. The molecule has 0 aliphatic carbocycles. The maximum Gasteiger partial charge on any atom is 0.418 e. The maximum atomic E-state index is 13.8. The molecular weight excluding hydrogens is 419 g/mol. The fourth-order valence-corrected chi connectivity index (χ4v) is 3.94. The summed E-state index contributed by atoms with van der Waals surface area (Å²) >= 11 is 0. The Morgan fingerprint density at radius 3 is 2.62 bits per heavy atom. The van der Waals surface area contributed by atoms with Crippen molar-refractivity contribution in [2.45, 2.75) is 19.5 Å². The summed E-state index contributed by atoms with van der Waals surface area (Å²) in [4.78, 5) is 6.12. The highest BCUT2D eigenvalue weighted by Gasteiger charge is 2.37. The minimum absolute atomic E-state index is 0.0167. The molecule has 4 aromatic rings. The van der Waals surface area contributed by atoms with Crippen LogP contribution in [0.15, 0.2) is 55.0 Å². The molecule has 5 rings (SSSR count). The van der Waals surface area contributed by atoms with Crippen molar-refractivity contribution in [2.75, 3.05) is 11.4 Å². The van der Waals surface area contributed by atoms with Gasteiger partial charge in [-0.25, -0.2) is 14.3 Å². The molecule has 0 radical (unpaired) electrons. The van der Waals surface area contributed by atoms with Crippen LogP contribution in [-0.2, 0) is 12.6 Å². The molecule has 0 saturated heterocycles. The summed E-state index contributed by atoms with van der Waals surface area (Å²) in [5.74, 6) is 1.09. The van der Waals surface area contributed by atoms with E-state index in [2.05, 4.69) is 15.2 Å². The highest BCUT2D eigenvalue weighted by atomic mass is 19.4. The molecule has 0 amide bonds. The van der Waals surface area contributed by atoms with E-state index in [0.29, 0.717) is 30.3 Å². The van der Waals surface area contributed by atoms with Gasteiger partial charge in [-0.3, -0.25) is 0 Å². The molecule has 1 aliphatic heterocycles. The molecule has 0 saturated carbocycles. The zero-order chi connectivity index (χ0) is 22.5. The van der Waals surface area contributed by atoms with Crippen LogP contribution in [0.5, 0.6) is 0 Å². The van der Waals surface area contributed by atoms with Crippen molar-refractivity contribution in [3.05, 3.63) is 77.4 Å². The topological polar surface area (TPSA) is 75.6 Å². The molecule has 0 fully saturated rings. The lowest BCUT2D eigenvalue weighted by molar-refractivity contribution is -0.137. The number of aryl methyl sites for hydroxylation is 1. The lowest BCUT2D eigenvalue weighted by Crippen LogP contribution is -2.20. The first-order chi connectivity index (χ1) is 15.3. The van der Waals surface area contributed by atoms with Crippen LogP contribution < -0.4 is 4.90 Å². The highest BCUT2D eigenvalue weighted by molar-refractivity contribution is 5.73. The molecule has 32 heavy (non-hydrogen) atoms. The number of halogens is 3. The van der Waals surface area contributed by atoms with Crippen molar-refractivity contribution in [3.8, 4) is 17.6 Å². The third-order valence-electron chi connectivity index (χ3n) is 5.33. The van der Waals surface area contributed by atoms with Crippen LogP contribution in [0, 0.1) is 18.3 Å². The number of aromatic nitrogens is 5. The van der Waals surface area contributed by atoms with Gasteiger partial charge < -0.3 is 4.90 Å². The van der Waals surface area contributed by atoms with Gasteiger partial charge in [0.05, 0.1) is 28.6 Å². The molecule has 10 heteroatoms. The predicted octanol–water partition coefficient (Wildman–Crippen LogP) is 4.35. The van der Waals surface area contributed by atoms with Gasteiger partial charge in [-0.2, -0.15) is 23.5 Å². The third-order valence-corrected chi connectivity index (χ3v) is 5.33. The number of benzene rings is 1. The molecule has 1 aliphatic rings. The Bertz CT molecular complexity index is 1350. The minimum Gasteiger partial charge on any atom is -0.325 e. The summed E-state index contributed by atoms with van der Waals surface area (Å²) in [5.41, 5.74) is 1.31. The van der Waals surface area contributed by atoms with E-state index in [1.165, 1.54) is 12.1 Å². The van der Waals surface area contributed by atoms with Crippen LogP contribution in [0.25, 0.3) is 11.5 Å². The number of pyridine rings is 1. The first-order valence-electron chi connectivity index (χ1n) is 9.80. The fraction of sp³-hybridized carbons (Fsp3) is 0.182. The van der Waals surface area contributed by atoms with E-state index in [4.69, 9.17) is 5.26 Å². The quantitative estimate of drug-likeness (QED) is 0.478. The maximum absolute atomic E-state index is 13.8. The van der Waals surface area contributed by atoms with Crippen molar-refractivity contribution in [1.29, 1.82) is 5.26 Å². The van der Waals surface area contributed by atoms with Crippen LogP contribution in [-0.4, -0.2) is 31.1 Å². The van der Waals surface area contributed by atoms with E-state index in [9.17, 15) is 13.2 Å². The summed E-state index contributed by atoms with van der Waals surface area (Å²) < 4.78 is 44.6. The summed E-state index contributed by atoms with van der Waals surface area (Å²) in [6.07, 6.45) is 1.13. The van der Waals surface area contributed by atoms with Crippen LogP contribution in [0.1, 0.15) is 22.4 Å². The first-order valence-corrected chi connectivity index (χ1v) is 9.80. The van der Waals surface area contributed by atoms with Crippen molar-refractivity contribution in [1.82, 2.24) is 24.5 Å². The second-order valence-corrected chi connectivity index (χ2v) is 7.40.